The number of hydrogen-bond acceptors (Lipinski definition) is 4. The van der Waals surface area contributed by atoms with Gasteiger partial charge in [-0.05, 0) is 18.2 Å². The van der Waals surface area contributed by atoms with Crippen molar-refractivity contribution in [3.63, 3.8) is 0 Å². The van der Waals surface area contributed by atoms with Crippen LogP contribution in [0.25, 0.3) is 10.2 Å². The summed E-state index contributed by atoms with van der Waals surface area (Å²) in [5.41, 5.74) is 5.75. The number of thiazole rings is 1. The molecule has 82 valence electrons. The Labute approximate surface area is 93.7 Å². The predicted octanol–water partition coefficient (Wildman–Crippen LogP) is 1.49. The zero-order valence-corrected chi connectivity index (χ0v) is 8.75. The van der Waals surface area contributed by atoms with Gasteiger partial charge in [0.15, 0.2) is 5.13 Å². The van der Waals surface area contributed by atoms with Gasteiger partial charge in [-0.15, -0.1) is 0 Å². The van der Waals surface area contributed by atoms with Crippen molar-refractivity contribution in [3.05, 3.63) is 23.8 Å². The number of nitrogens with one attached hydrogen (secondary N) is 1. The van der Waals surface area contributed by atoms with Gasteiger partial charge < -0.3 is 10.8 Å². The van der Waals surface area contributed by atoms with E-state index in [0.717, 1.165) is 0 Å². The second kappa shape index (κ2) is 3.78. The van der Waals surface area contributed by atoms with Crippen LogP contribution in [0.15, 0.2) is 18.2 Å². The fourth-order valence-electron chi connectivity index (χ4n) is 1.22. The largest absolute Gasteiger partial charge is 0.478 e. The number of carboxylic acid groups (broad SMARTS) is 1. The summed E-state index contributed by atoms with van der Waals surface area (Å²) >= 11 is 1.17. The standard InChI is InChI=1S/C9H7N3O3S/c10-8(15)12-9-11-5-2-1-4(7(13)14)3-6(5)16-9/h1-3H,(H,13,14)(H3,10,11,12,15). The van der Waals surface area contributed by atoms with Crippen LogP contribution in [-0.2, 0) is 0 Å². The van der Waals surface area contributed by atoms with Crippen molar-refractivity contribution in [1.82, 2.24) is 4.98 Å². The van der Waals surface area contributed by atoms with Crippen molar-refractivity contribution in [2.24, 2.45) is 5.73 Å². The summed E-state index contributed by atoms with van der Waals surface area (Å²) in [7, 11) is 0. The number of benzene rings is 1. The van der Waals surface area contributed by atoms with Crippen molar-refractivity contribution < 1.29 is 14.7 Å². The van der Waals surface area contributed by atoms with E-state index >= 15 is 0 Å². The monoisotopic (exact) mass is 237 g/mol. The summed E-state index contributed by atoms with van der Waals surface area (Å²) in [5, 5.41) is 11.5. The Morgan fingerprint density at radius 1 is 1.44 bits per heavy atom. The number of urea groups is 1. The van der Waals surface area contributed by atoms with Gasteiger partial charge in [-0.25, -0.2) is 14.6 Å². The third-order valence-corrected chi connectivity index (χ3v) is 2.80. The zero-order chi connectivity index (χ0) is 11.7. The molecule has 0 atom stereocenters. The first-order valence-electron chi connectivity index (χ1n) is 4.26. The molecule has 0 spiro atoms. The number of primary amides is 1. The maximum absolute atomic E-state index is 10.7. The maximum Gasteiger partial charge on any atom is 0.335 e. The van der Waals surface area contributed by atoms with E-state index in [9.17, 15) is 9.59 Å². The average molecular weight is 237 g/mol. The second-order valence-electron chi connectivity index (χ2n) is 3.00. The minimum atomic E-state index is -1.00. The van der Waals surface area contributed by atoms with Gasteiger partial charge in [-0.3, -0.25) is 5.32 Å². The molecule has 0 aliphatic carbocycles. The van der Waals surface area contributed by atoms with E-state index in [1.54, 1.807) is 6.07 Å². The van der Waals surface area contributed by atoms with Gasteiger partial charge >= 0.3 is 12.0 Å². The van der Waals surface area contributed by atoms with Crippen molar-refractivity contribution in [3.8, 4) is 0 Å². The smallest absolute Gasteiger partial charge is 0.335 e. The SMILES string of the molecule is NC(=O)Nc1nc2ccc(C(=O)O)cc2s1. The molecule has 1 aromatic heterocycles. The molecule has 1 aromatic carbocycles. The average Bonchev–Trinajstić information content (AvgIpc) is 2.56. The second-order valence-corrected chi connectivity index (χ2v) is 4.03. The number of nitrogens with two attached hydrogens (primary N) is 1. The number of carboxylic acids is 1. The predicted molar refractivity (Wildman–Crippen MR) is 59.8 cm³/mol. The van der Waals surface area contributed by atoms with Crippen LogP contribution in [-0.4, -0.2) is 22.1 Å². The molecular formula is C9H7N3O3S. The lowest BCUT2D eigenvalue weighted by Crippen LogP contribution is -2.18. The van der Waals surface area contributed by atoms with Gasteiger partial charge in [0.25, 0.3) is 0 Å². The molecule has 0 aliphatic heterocycles. The third kappa shape index (κ3) is 1.94. The Hall–Kier alpha value is -2.15. The van der Waals surface area contributed by atoms with Gasteiger partial charge in [0.05, 0.1) is 15.8 Å². The molecule has 0 unspecified atom stereocenters. The summed E-state index contributed by atoms with van der Waals surface area (Å²) in [4.78, 5) is 25.4. The normalized spacial score (nSPS) is 10.2. The molecule has 16 heavy (non-hydrogen) atoms. The van der Waals surface area contributed by atoms with Crippen LogP contribution in [0.1, 0.15) is 10.4 Å². The molecule has 2 amide bonds. The number of fused-ring (bicyclic) bond motifs is 1. The number of amides is 2. The molecule has 0 saturated carbocycles. The Morgan fingerprint density at radius 2 is 2.19 bits per heavy atom. The quantitative estimate of drug-likeness (QED) is 0.735. The van der Waals surface area contributed by atoms with E-state index in [1.807, 2.05) is 0 Å². The third-order valence-electron chi connectivity index (χ3n) is 1.87. The van der Waals surface area contributed by atoms with Crippen LogP contribution in [0.4, 0.5) is 9.93 Å². The summed E-state index contributed by atoms with van der Waals surface area (Å²) in [6.07, 6.45) is 0. The lowest BCUT2D eigenvalue weighted by atomic mass is 10.2. The van der Waals surface area contributed by atoms with Crippen molar-refractivity contribution in [2.75, 3.05) is 5.32 Å². The molecule has 1 heterocycles. The fraction of sp³-hybridized carbons (Fsp3) is 0. The van der Waals surface area contributed by atoms with E-state index in [-0.39, 0.29) is 5.56 Å². The Bertz CT molecular complexity index is 578. The van der Waals surface area contributed by atoms with Gasteiger partial charge in [-0.1, -0.05) is 11.3 Å². The van der Waals surface area contributed by atoms with Gasteiger partial charge in [0.2, 0.25) is 0 Å². The highest BCUT2D eigenvalue weighted by Crippen LogP contribution is 2.26. The molecule has 0 radical (unpaired) electrons. The van der Waals surface area contributed by atoms with Crippen molar-refractivity contribution >= 4 is 38.7 Å². The molecule has 0 fully saturated rings. The van der Waals surface area contributed by atoms with Crippen LogP contribution in [0.5, 0.6) is 0 Å². The number of rotatable bonds is 2. The fourth-order valence-corrected chi connectivity index (χ4v) is 2.12. The van der Waals surface area contributed by atoms with E-state index < -0.39 is 12.0 Å². The highest BCUT2D eigenvalue weighted by atomic mass is 32.1. The molecule has 4 N–H and O–H groups in total. The van der Waals surface area contributed by atoms with E-state index in [2.05, 4.69) is 10.3 Å². The van der Waals surface area contributed by atoms with Crippen LogP contribution in [0.2, 0.25) is 0 Å². The molecule has 2 aromatic rings. The van der Waals surface area contributed by atoms with Gasteiger partial charge in [0.1, 0.15) is 0 Å². The number of nitrogens with zero attached hydrogens (tertiary/aromatic N) is 1. The first-order chi connectivity index (χ1) is 7.56. The van der Waals surface area contributed by atoms with Crippen molar-refractivity contribution in [1.29, 1.82) is 0 Å². The molecule has 0 aliphatic rings. The number of aromatic nitrogens is 1. The van der Waals surface area contributed by atoms with E-state index in [0.29, 0.717) is 15.3 Å². The Kier molecular flexibility index (Phi) is 2.45. The first-order valence-corrected chi connectivity index (χ1v) is 5.08. The molecule has 7 heteroatoms. The summed E-state index contributed by atoms with van der Waals surface area (Å²) < 4.78 is 0.684. The highest BCUT2D eigenvalue weighted by Gasteiger charge is 2.08. The summed E-state index contributed by atoms with van der Waals surface area (Å²) in [6, 6.07) is 3.85. The molecule has 0 saturated heterocycles. The minimum absolute atomic E-state index is 0.182. The van der Waals surface area contributed by atoms with Crippen LogP contribution >= 0.6 is 11.3 Å². The number of aromatic carboxylic acids is 1. The highest BCUT2D eigenvalue weighted by molar-refractivity contribution is 7.22. The number of carbonyl (C=O) groups excluding carboxylic acids is 1. The Balaban J connectivity index is 2.45. The van der Waals surface area contributed by atoms with E-state index in [1.165, 1.54) is 23.5 Å². The number of anilines is 1. The van der Waals surface area contributed by atoms with Crippen molar-refractivity contribution in [2.45, 2.75) is 0 Å². The van der Waals surface area contributed by atoms with E-state index in [4.69, 9.17) is 10.8 Å². The molecule has 0 bridgehead atoms. The maximum atomic E-state index is 10.7. The lowest BCUT2D eigenvalue weighted by molar-refractivity contribution is 0.0697. The summed E-state index contributed by atoms with van der Waals surface area (Å²) in [5.74, 6) is -1.00. The van der Waals surface area contributed by atoms with Crippen LogP contribution in [0.3, 0.4) is 0 Å². The summed E-state index contributed by atoms with van der Waals surface area (Å²) in [6.45, 7) is 0. The first kappa shape index (κ1) is 10.4. The molecule has 6 nitrogen and oxygen atoms in total. The van der Waals surface area contributed by atoms with Gasteiger partial charge in [-0.2, -0.15) is 0 Å². The van der Waals surface area contributed by atoms with Gasteiger partial charge in [0, 0.05) is 0 Å². The van der Waals surface area contributed by atoms with Crippen LogP contribution < -0.4 is 11.1 Å². The lowest BCUT2D eigenvalue weighted by Gasteiger charge is -1.91. The topological polar surface area (TPSA) is 105 Å². The Morgan fingerprint density at radius 3 is 2.81 bits per heavy atom. The number of hydrogen-bond donors (Lipinski definition) is 3. The van der Waals surface area contributed by atoms with Crippen LogP contribution in [0, 0.1) is 0 Å². The number of carbonyl (C=O) groups is 2. The minimum Gasteiger partial charge on any atom is -0.478 e. The zero-order valence-electron chi connectivity index (χ0n) is 7.93. The molecular weight excluding hydrogens is 230 g/mol. The molecule has 2 rings (SSSR count).